The average molecular weight is 327 g/mol. The Labute approximate surface area is 134 Å². The molecule has 1 atom stereocenters. The van der Waals surface area contributed by atoms with Crippen LogP contribution in [0.1, 0.15) is 33.5 Å². The second kappa shape index (κ2) is 7.72. The Kier molecular flexibility index (Phi) is 5.96. The molecule has 1 aliphatic carbocycles. The molecule has 3 N–H and O–H groups in total. The monoisotopic (exact) mass is 327 g/mol. The maximum atomic E-state index is 12.1. The van der Waals surface area contributed by atoms with Crippen molar-refractivity contribution in [2.75, 3.05) is 20.3 Å². The molecule has 0 unspecified atom stereocenters. The van der Waals surface area contributed by atoms with Crippen molar-refractivity contribution < 1.29 is 9.53 Å². The van der Waals surface area contributed by atoms with E-state index in [4.69, 9.17) is 17.0 Å². The van der Waals surface area contributed by atoms with E-state index in [1.807, 2.05) is 6.07 Å². The lowest BCUT2D eigenvalue weighted by Crippen LogP contribution is -2.47. The molecule has 1 aromatic heterocycles. The summed E-state index contributed by atoms with van der Waals surface area (Å²) in [5, 5.41) is 3.31. The summed E-state index contributed by atoms with van der Waals surface area (Å²) in [6, 6.07) is 2.01. The molecule has 0 spiro atoms. The molecule has 0 bridgehead atoms. The second-order valence-electron chi connectivity index (χ2n) is 5.23. The van der Waals surface area contributed by atoms with Crippen molar-refractivity contribution >= 4 is 34.6 Å². The maximum absolute atomic E-state index is 12.1. The molecule has 0 saturated heterocycles. The van der Waals surface area contributed by atoms with E-state index < -0.39 is 0 Å². The molecule has 1 heterocycles. The van der Waals surface area contributed by atoms with Crippen molar-refractivity contribution in [3.05, 3.63) is 21.4 Å². The largest absolute Gasteiger partial charge is 0.383 e. The van der Waals surface area contributed by atoms with Gasteiger partial charge in [-0.2, -0.15) is 0 Å². The van der Waals surface area contributed by atoms with Gasteiger partial charge in [0.2, 0.25) is 0 Å². The first kappa shape index (κ1) is 16.2. The van der Waals surface area contributed by atoms with Crippen LogP contribution in [0.3, 0.4) is 0 Å². The maximum Gasteiger partial charge on any atom is 0.279 e. The van der Waals surface area contributed by atoms with E-state index in [0.717, 1.165) is 17.7 Å². The second-order valence-corrected chi connectivity index (χ2v) is 6.78. The molecular weight excluding hydrogens is 306 g/mol. The number of hydrogen-bond acceptors (Lipinski definition) is 4. The minimum absolute atomic E-state index is 0.141. The summed E-state index contributed by atoms with van der Waals surface area (Å²) in [6.45, 7) is 3.42. The first-order valence-corrected chi connectivity index (χ1v) is 8.27. The van der Waals surface area contributed by atoms with E-state index in [1.165, 1.54) is 16.9 Å². The van der Waals surface area contributed by atoms with Gasteiger partial charge in [-0.1, -0.05) is 6.92 Å². The minimum atomic E-state index is -0.141. The number of nitrogens with one attached hydrogen (secondary N) is 3. The van der Waals surface area contributed by atoms with Crippen LogP contribution in [-0.2, 0) is 17.6 Å². The molecular formula is C14H21N3O2S2. The number of rotatable bonds is 4. The fourth-order valence-corrected chi connectivity index (χ4v) is 3.56. The van der Waals surface area contributed by atoms with Gasteiger partial charge in [0.25, 0.3) is 5.91 Å². The van der Waals surface area contributed by atoms with Crippen LogP contribution in [-0.4, -0.2) is 31.3 Å². The molecule has 0 saturated carbocycles. The number of thiophene rings is 1. The van der Waals surface area contributed by atoms with Crippen molar-refractivity contribution in [1.82, 2.24) is 16.2 Å². The number of methoxy groups -OCH3 is 1. The van der Waals surface area contributed by atoms with Gasteiger partial charge in [-0.25, -0.2) is 0 Å². The summed E-state index contributed by atoms with van der Waals surface area (Å²) in [6.07, 6.45) is 3.36. The molecule has 1 aliphatic rings. The van der Waals surface area contributed by atoms with Gasteiger partial charge in [-0.15, -0.1) is 11.3 Å². The van der Waals surface area contributed by atoms with Crippen molar-refractivity contribution in [3.63, 3.8) is 0 Å². The lowest BCUT2D eigenvalue weighted by atomic mass is 9.90. The van der Waals surface area contributed by atoms with Gasteiger partial charge in [0.15, 0.2) is 5.11 Å². The van der Waals surface area contributed by atoms with Crippen LogP contribution in [0.25, 0.3) is 0 Å². The zero-order chi connectivity index (χ0) is 15.2. The molecule has 0 radical (unpaired) electrons. The molecule has 1 amide bonds. The van der Waals surface area contributed by atoms with Crippen LogP contribution in [0.15, 0.2) is 6.07 Å². The molecule has 0 aliphatic heterocycles. The Morgan fingerprint density at radius 2 is 2.33 bits per heavy atom. The van der Waals surface area contributed by atoms with E-state index >= 15 is 0 Å². The smallest absolute Gasteiger partial charge is 0.279 e. The SMILES string of the molecule is COCCNC(=S)NNC(=O)c1cc2c(s1)CC[C@H](C)C2. The number of amides is 1. The molecule has 2 rings (SSSR count). The number of hydrazine groups is 1. The predicted octanol–water partition coefficient (Wildman–Crippen LogP) is 1.63. The highest BCUT2D eigenvalue weighted by molar-refractivity contribution is 7.80. The quantitative estimate of drug-likeness (QED) is 0.446. The summed E-state index contributed by atoms with van der Waals surface area (Å²) < 4.78 is 4.91. The van der Waals surface area contributed by atoms with Gasteiger partial charge >= 0.3 is 0 Å². The fourth-order valence-electron chi connectivity index (χ4n) is 2.30. The number of carbonyl (C=O) groups is 1. The highest BCUT2D eigenvalue weighted by Crippen LogP contribution is 2.31. The van der Waals surface area contributed by atoms with Crippen LogP contribution in [0.5, 0.6) is 0 Å². The standard InChI is InChI=1S/C14H21N3O2S2/c1-9-3-4-11-10(7-9)8-12(21-11)13(18)16-17-14(20)15-5-6-19-2/h8-9H,3-7H2,1-2H3,(H,16,18)(H2,15,17,20)/t9-/m0/s1. The van der Waals surface area contributed by atoms with Gasteiger partial charge in [-0.05, 0) is 49.0 Å². The highest BCUT2D eigenvalue weighted by Gasteiger charge is 2.20. The van der Waals surface area contributed by atoms with Crippen molar-refractivity contribution in [2.45, 2.75) is 26.2 Å². The van der Waals surface area contributed by atoms with E-state index in [-0.39, 0.29) is 5.91 Å². The van der Waals surface area contributed by atoms with Gasteiger partial charge in [-0.3, -0.25) is 15.6 Å². The number of fused-ring (bicyclic) bond motifs is 1. The van der Waals surface area contributed by atoms with Crippen LogP contribution < -0.4 is 16.2 Å². The summed E-state index contributed by atoms with van der Waals surface area (Å²) >= 11 is 6.63. The van der Waals surface area contributed by atoms with Crippen LogP contribution in [0, 0.1) is 5.92 Å². The summed E-state index contributed by atoms with van der Waals surface area (Å²) in [5.74, 6) is 0.566. The normalized spacial score (nSPS) is 17.0. The van der Waals surface area contributed by atoms with E-state index in [2.05, 4.69) is 23.1 Å². The van der Waals surface area contributed by atoms with Gasteiger partial charge in [0.05, 0.1) is 11.5 Å². The molecule has 1 aromatic rings. The third kappa shape index (κ3) is 4.66. The first-order chi connectivity index (χ1) is 10.1. The van der Waals surface area contributed by atoms with Crippen molar-refractivity contribution in [1.29, 1.82) is 0 Å². The zero-order valence-corrected chi connectivity index (χ0v) is 14.0. The third-order valence-electron chi connectivity index (χ3n) is 3.43. The van der Waals surface area contributed by atoms with Crippen LogP contribution in [0.2, 0.25) is 0 Å². The van der Waals surface area contributed by atoms with E-state index in [9.17, 15) is 4.79 Å². The number of hydrogen-bond donors (Lipinski definition) is 3. The minimum Gasteiger partial charge on any atom is -0.383 e. The zero-order valence-electron chi connectivity index (χ0n) is 12.3. The Bertz CT molecular complexity index is 516. The molecule has 116 valence electrons. The van der Waals surface area contributed by atoms with E-state index in [0.29, 0.717) is 24.2 Å². The number of carbonyl (C=O) groups excluding carboxylic acids is 1. The summed E-state index contributed by atoms with van der Waals surface area (Å²) in [4.78, 5) is 14.2. The molecule has 0 aromatic carbocycles. The van der Waals surface area contributed by atoms with Crippen molar-refractivity contribution in [3.8, 4) is 0 Å². The summed E-state index contributed by atoms with van der Waals surface area (Å²) in [7, 11) is 1.62. The average Bonchev–Trinajstić information content (AvgIpc) is 2.88. The Morgan fingerprint density at radius 3 is 3.10 bits per heavy atom. The third-order valence-corrected chi connectivity index (χ3v) is 4.92. The molecule has 7 heteroatoms. The lowest BCUT2D eigenvalue weighted by molar-refractivity contribution is 0.0947. The number of aryl methyl sites for hydroxylation is 1. The molecule has 5 nitrogen and oxygen atoms in total. The van der Waals surface area contributed by atoms with Crippen LogP contribution in [0.4, 0.5) is 0 Å². The van der Waals surface area contributed by atoms with Gasteiger partial charge in [0, 0.05) is 18.5 Å². The molecule has 21 heavy (non-hydrogen) atoms. The molecule has 0 fully saturated rings. The van der Waals surface area contributed by atoms with Crippen LogP contribution >= 0.6 is 23.6 Å². The fraction of sp³-hybridized carbons (Fsp3) is 0.571. The predicted molar refractivity (Wildman–Crippen MR) is 88.6 cm³/mol. The Hall–Kier alpha value is -1.18. The lowest BCUT2D eigenvalue weighted by Gasteiger charge is -2.16. The Balaban J connectivity index is 1.82. The van der Waals surface area contributed by atoms with E-state index in [1.54, 1.807) is 18.4 Å². The van der Waals surface area contributed by atoms with Gasteiger partial charge < -0.3 is 10.1 Å². The van der Waals surface area contributed by atoms with Gasteiger partial charge in [0.1, 0.15) is 0 Å². The topological polar surface area (TPSA) is 62.4 Å². The Morgan fingerprint density at radius 1 is 1.52 bits per heavy atom. The highest BCUT2D eigenvalue weighted by atomic mass is 32.1. The first-order valence-electron chi connectivity index (χ1n) is 7.05. The van der Waals surface area contributed by atoms with Crippen molar-refractivity contribution in [2.24, 2.45) is 5.92 Å². The number of ether oxygens (including phenoxy) is 1. The number of thiocarbonyl (C=S) groups is 1. The summed E-state index contributed by atoms with van der Waals surface area (Å²) in [5.41, 5.74) is 6.65.